The normalized spacial score (nSPS) is 20.4. The van der Waals surface area contributed by atoms with Gasteiger partial charge < -0.3 is 5.32 Å². The van der Waals surface area contributed by atoms with Crippen LogP contribution in [0, 0.1) is 5.92 Å². The third-order valence-electron chi connectivity index (χ3n) is 4.27. The summed E-state index contributed by atoms with van der Waals surface area (Å²) in [6.07, 6.45) is 5.94. The molecule has 0 spiro atoms. The molecule has 1 aliphatic heterocycles. The van der Waals surface area contributed by atoms with Gasteiger partial charge in [0.2, 0.25) is 15.9 Å². The first kappa shape index (κ1) is 15.5. The molecule has 1 saturated carbocycles. The maximum absolute atomic E-state index is 12.6. The second kappa shape index (κ2) is 6.38. The van der Waals surface area contributed by atoms with Crippen LogP contribution in [-0.2, 0) is 14.8 Å². The van der Waals surface area contributed by atoms with Crippen LogP contribution in [0.15, 0.2) is 29.2 Å². The van der Waals surface area contributed by atoms with Crippen LogP contribution in [-0.4, -0.2) is 31.7 Å². The van der Waals surface area contributed by atoms with E-state index >= 15 is 0 Å². The minimum absolute atomic E-state index is 0.0307. The quantitative estimate of drug-likeness (QED) is 0.926. The van der Waals surface area contributed by atoms with E-state index in [1.54, 1.807) is 28.6 Å². The fourth-order valence-corrected chi connectivity index (χ4v) is 4.25. The predicted molar refractivity (Wildman–Crippen MR) is 85.0 cm³/mol. The number of carbonyl (C=O) groups excluding carboxylic acids is 1. The maximum Gasteiger partial charge on any atom is 0.243 e. The van der Waals surface area contributed by atoms with Gasteiger partial charge in [0.25, 0.3) is 0 Å². The zero-order valence-electron chi connectivity index (χ0n) is 12.6. The zero-order chi connectivity index (χ0) is 15.6. The van der Waals surface area contributed by atoms with Crippen molar-refractivity contribution in [1.82, 2.24) is 4.31 Å². The van der Waals surface area contributed by atoms with Gasteiger partial charge in [-0.1, -0.05) is 12.8 Å². The second-order valence-electron chi connectivity index (χ2n) is 6.11. The summed E-state index contributed by atoms with van der Waals surface area (Å²) in [5.41, 5.74) is 0.659. The Kier molecular flexibility index (Phi) is 4.49. The Bertz CT molecular complexity index is 628. The van der Waals surface area contributed by atoms with E-state index in [4.69, 9.17) is 0 Å². The van der Waals surface area contributed by atoms with E-state index < -0.39 is 10.0 Å². The van der Waals surface area contributed by atoms with Crippen molar-refractivity contribution in [2.45, 2.75) is 43.4 Å². The molecule has 1 amide bonds. The van der Waals surface area contributed by atoms with Crippen molar-refractivity contribution in [2.75, 3.05) is 18.4 Å². The highest BCUT2D eigenvalue weighted by molar-refractivity contribution is 7.89. The lowest BCUT2D eigenvalue weighted by molar-refractivity contribution is -0.117. The molecule has 5 nitrogen and oxygen atoms in total. The average Bonchev–Trinajstić information content (AvgIpc) is 3.34. The summed E-state index contributed by atoms with van der Waals surface area (Å²) in [5, 5.41) is 2.82. The standard InChI is InChI=1S/C16H22N2O3S/c19-16(13-5-6-13)17-14-7-9-15(10-8-14)22(20,21)18-11-3-1-2-4-12-18/h7-10,13H,1-6,11-12H2,(H,17,19). The first-order valence-electron chi connectivity index (χ1n) is 7.98. The molecule has 0 unspecified atom stereocenters. The van der Waals surface area contributed by atoms with E-state index in [-0.39, 0.29) is 11.8 Å². The Balaban J connectivity index is 1.71. The summed E-state index contributed by atoms with van der Waals surface area (Å²) in [7, 11) is -3.41. The van der Waals surface area contributed by atoms with Crippen molar-refractivity contribution in [3.8, 4) is 0 Å². The van der Waals surface area contributed by atoms with Crippen molar-refractivity contribution >= 4 is 21.6 Å². The van der Waals surface area contributed by atoms with Crippen LogP contribution in [0.4, 0.5) is 5.69 Å². The van der Waals surface area contributed by atoms with E-state index in [0.717, 1.165) is 38.5 Å². The summed E-state index contributed by atoms with van der Waals surface area (Å²) < 4.78 is 26.8. The Morgan fingerprint density at radius 2 is 1.59 bits per heavy atom. The maximum atomic E-state index is 12.6. The van der Waals surface area contributed by atoms with Crippen LogP contribution < -0.4 is 5.32 Å². The highest BCUT2D eigenvalue weighted by Gasteiger charge is 2.30. The van der Waals surface area contributed by atoms with E-state index in [2.05, 4.69) is 5.32 Å². The van der Waals surface area contributed by atoms with Gasteiger partial charge >= 0.3 is 0 Å². The number of anilines is 1. The van der Waals surface area contributed by atoms with Gasteiger partial charge in [0, 0.05) is 24.7 Å². The molecule has 6 heteroatoms. The molecule has 22 heavy (non-hydrogen) atoms. The van der Waals surface area contributed by atoms with E-state index in [1.165, 1.54) is 0 Å². The molecule has 2 fully saturated rings. The molecule has 3 rings (SSSR count). The number of nitrogens with zero attached hydrogens (tertiary/aromatic N) is 1. The van der Waals surface area contributed by atoms with Gasteiger partial charge in [-0.25, -0.2) is 8.42 Å². The molecule has 0 aromatic heterocycles. The molecule has 0 radical (unpaired) electrons. The largest absolute Gasteiger partial charge is 0.326 e. The molecular weight excluding hydrogens is 300 g/mol. The minimum Gasteiger partial charge on any atom is -0.326 e. The molecule has 1 N–H and O–H groups in total. The summed E-state index contributed by atoms with van der Waals surface area (Å²) in [4.78, 5) is 12.0. The topological polar surface area (TPSA) is 66.5 Å². The predicted octanol–water partition coefficient (Wildman–Crippen LogP) is 2.60. The Morgan fingerprint density at radius 3 is 2.14 bits per heavy atom. The number of carbonyl (C=O) groups is 1. The van der Waals surface area contributed by atoms with Crippen molar-refractivity contribution < 1.29 is 13.2 Å². The molecule has 120 valence electrons. The highest BCUT2D eigenvalue weighted by Crippen LogP contribution is 2.30. The molecule has 1 aromatic carbocycles. The van der Waals surface area contributed by atoms with Gasteiger partial charge in [0.15, 0.2) is 0 Å². The molecule has 0 bridgehead atoms. The van der Waals surface area contributed by atoms with Crippen LogP contribution in [0.3, 0.4) is 0 Å². The minimum atomic E-state index is -3.41. The average molecular weight is 322 g/mol. The monoisotopic (exact) mass is 322 g/mol. The van der Waals surface area contributed by atoms with Crippen LogP contribution in [0.1, 0.15) is 38.5 Å². The first-order chi connectivity index (χ1) is 10.6. The smallest absolute Gasteiger partial charge is 0.243 e. The van der Waals surface area contributed by atoms with E-state index in [0.29, 0.717) is 23.7 Å². The van der Waals surface area contributed by atoms with Gasteiger partial charge in [-0.15, -0.1) is 0 Å². The second-order valence-corrected chi connectivity index (χ2v) is 8.04. The molecule has 0 atom stereocenters. The summed E-state index contributed by atoms with van der Waals surface area (Å²) >= 11 is 0. The number of hydrogen-bond acceptors (Lipinski definition) is 3. The van der Waals surface area contributed by atoms with Crippen LogP contribution in [0.2, 0.25) is 0 Å². The number of amides is 1. The summed E-state index contributed by atoms with van der Waals surface area (Å²) in [6.45, 7) is 1.20. The fourth-order valence-electron chi connectivity index (χ4n) is 2.73. The number of hydrogen-bond donors (Lipinski definition) is 1. The van der Waals surface area contributed by atoms with Gasteiger partial charge in [-0.3, -0.25) is 4.79 Å². The van der Waals surface area contributed by atoms with Crippen LogP contribution >= 0.6 is 0 Å². The zero-order valence-corrected chi connectivity index (χ0v) is 13.4. The van der Waals surface area contributed by atoms with Crippen molar-refractivity contribution in [1.29, 1.82) is 0 Å². The third-order valence-corrected chi connectivity index (χ3v) is 6.19. The van der Waals surface area contributed by atoms with Crippen molar-refractivity contribution in [2.24, 2.45) is 5.92 Å². The van der Waals surface area contributed by atoms with Gasteiger partial charge in [-0.05, 0) is 49.9 Å². The molecule has 1 aromatic rings. The number of sulfonamides is 1. The van der Waals surface area contributed by atoms with E-state index in [9.17, 15) is 13.2 Å². The first-order valence-corrected chi connectivity index (χ1v) is 9.42. The summed E-state index contributed by atoms with van der Waals surface area (Å²) in [6, 6.07) is 6.52. The molecule has 1 saturated heterocycles. The lowest BCUT2D eigenvalue weighted by Gasteiger charge is -2.20. The van der Waals surface area contributed by atoms with Crippen LogP contribution in [0.25, 0.3) is 0 Å². The van der Waals surface area contributed by atoms with Crippen LogP contribution in [0.5, 0.6) is 0 Å². The Labute approximate surface area is 131 Å². The molecule has 1 aliphatic carbocycles. The number of nitrogens with one attached hydrogen (secondary N) is 1. The van der Waals surface area contributed by atoms with Gasteiger partial charge in [0.1, 0.15) is 0 Å². The Morgan fingerprint density at radius 1 is 1.00 bits per heavy atom. The fraction of sp³-hybridized carbons (Fsp3) is 0.562. The number of rotatable bonds is 4. The van der Waals surface area contributed by atoms with E-state index in [1.807, 2.05) is 0 Å². The summed E-state index contributed by atoms with van der Waals surface area (Å²) in [5.74, 6) is 0.170. The Hall–Kier alpha value is -1.40. The van der Waals surface area contributed by atoms with Gasteiger partial charge in [0.05, 0.1) is 4.90 Å². The highest BCUT2D eigenvalue weighted by atomic mass is 32.2. The molecule has 2 aliphatic rings. The lowest BCUT2D eigenvalue weighted by atomic mass is 10.2. The molecule has 1 heterocycles. The SMILES string of the molecule is O=C(Nc1ccc(S(=O)(=O)N2CCCCCC2)cc1)C1CC1. The lowest BCUT2D eigenvalue weighted by Crippen LogP contribution is -2.31. The van der Waals surface area contributed by atoms with Gasteiger partial charge in [-0.2, -0.15) is 4.31 Å². The van der Waals surface area contributed by atoms with Crippen molar-refractivity contribution in [3.05, 3.63) is 24.3 Å². The third kappa shape index (κ3) is 3.50. The molecular formula is C16H22N2O3S. The number of benzene rings is 1. The van der Waals surface area contributed by atoms with Crippen molar-refractivity contribution in [3.63, 3.8) is 0 Å².